The number of nitrogens with zero attached hydrogens (tertiary/aromatic N) is 3. The molecule has 1 amide bonds. The second-order valence-electron chi connectivity index (χ2n) is 10.6. The Morgan fingerprint density at radius 2 is 1.85 bits per heavy atom. The van der Waals surface area contributed by atoms with Gasteiger partial charge in [-0.2, -0.15) is 5.26 Å². The van der Waals surface area contributed by atoms with Crippen molar-refractivity contribution in [1.82, 2.24) is 14.9 Å². The van der Waals surface area contributed by atoms with E-state index in [0.717, 1.165) is 24.1 Å². The second kappa shape index (κ2) is 14.4. The van der Waals surface area contributed by atoms with Gasteiger partial charge in [0, 0.05) is 49.3 Å². The summed E-state index contributed by atoms with van der Waals surface area (Å²) in [5.41, 5.74) is 3.49. The van der Waals surface area contributed by atoms with Crippen LogP contribution in [0.5, 0.6) is 0 Å². The van der Waals surface area contributed by atoms with E-state index >= 15 is 0 Å². The lowest BCUT2D eigenvalue weighted by atomic mass is 9.93. The van der Waals surface area contributed by atoms with Crippen LogP contribution >= 0.6 is 0 Å². The average molecular weight is 547 g/mol. The number of carboxylic acids is 1. The van der Waals surface area contributed by atoms with Crippen molar-refractivity contribution >= 4 is 28.7 Å². The van der Waals surface area contributed by atoms with Gasteiger partial charge in [-0.3, -0.25) is 9.59 Å². The summed E-state index contributed by atoms with van der Waals surface area (Å²) >= 11 is 0. The molecule has 0 radical (unpaired) electrons. The topological polar surface area (TPSA) is 134 Å². The van der Waals surface area contributed by atoms with Crippen LogP contribution in [0.1, 0.15) is 73.6 Å². The molecule has 3 rings (SSSR count). The lowest BCUT2D eigenvalue weighted by molar-refractivity contribution is -0.143. The normalized spacial score (nSPS) is 12.7. The van der Waals surface area contributed by atoms with Crippen molar-refractivity contribution in [3.8, 4) is 6.07 Å². The van der Waals surface area contributed by atoms with E-state index in [1.807, 2.05) is 41.9 Å². The SMILES string of the molecule is CC(C)[C@H](NC(=O)C[C@@H](C)CC(=O)c1c(CCCCOCc2ccccc2)n(C)c2ncc(C#N)cc12)C(=O)O. The fourth-order valence-corrected chi connectivity index (χ4v) is 4.84. The Balaban J connectivity index is 1.70. The number of rotatable bonds is 15. The van der Waals surface area contributed by atoms with Crippen molar-refractivity contribution in [1.29, 1.82) is 5.26 Å². The standard InChI is InChI=1S/C31H38N4O5/c1-20(2)29(31(38)39)34-27(37)15-21(3)14-26(36)28-24-16-23(17-32)18-33-30(24)35(4)25(28)12-8-9-13-40-19-22-10-6-5-7-11-22/h5-7,10-11,16,18,20-21,29H,8-9,12-15,19H2,1-4H3,(H,34,37)(H,38,39)/t21-,29-/m0/s1. The minimum Gasteiger partial charge on any atom is -0.480 e. The van der Waals surface area contributed by atoms with E-state index in [9.17, 15) is 24.8 Å². The van der Waals surface area contributed by atoms with E-state index in [2.05, 4.69) is 16.4 Å². The third kappa shape index (κ3) is 7.99. The number of hydrogen-bond acceptors (Lipinski definition) is 6. The second-order valence-corrected chi connectivity index (χ2v) is 10.6. The predicted molar refractivity (Wildman–Crippen MR) is 152 cm³/mol. The molecule has 0 spiro atoms. The number of nitrogens with one attached hydrogen (secondary N) is 1. The van der Waals surface area contributed by atoms with Crippen LogP contribution in [0.4, 0.5) is 0 Å². The fourth-order valence-electron chi connectivity index (χ4n) is 4.84. The Morgan fingerprint density at radius 3 is 2.50 bits per heavy atom. The molecule has 212 valence electrons. The summed E-state index contributed by atoms with van der Waals surface area (Å²) in [5, 5.41) is 22.0. The summed E-state index contributed by atoms with van der Waals surface area (Å²) in [6.07, 6.45) is 3.88. The lowest BCUT2D eigenvalue weighted by Gasteiger charge is -2.19. The van der Waals surface area contributed by atoms with Gasteiger partial charge < -0.3 is 19.7 Å². The summed E-state index contributed by atoms with van der Waals surface area (Å²) in [6, 6.07) is 12.8. The maximum absolute atomic E-state index is 13.6. The number of aryl methyl sites for hydroxylation is 1. The van der Waals surface area contributed by atoms with Crippen LogP contribution in [0, 0.1) is 23.2 Å². The summed E-state index contributed by atoms with van der Waals surface area (Å²) in [4.78, 5) is 42.1. The molecule has 3 aromatic rings. The first-order valence-electron chi connectivity index (χ1n) is 13.7. The molecule has 2 aromatic heterocycles. The number of amides is 1. The Bertz CT molecular complexity index is 1370. The molecule has 0 aliphatic rings. The molecular weight excluding hydrogens is 508 g/mol. The van der Waals surface area contributed by atoms with E-state index in [4.69, 9.17) is 4.74 Å². The van der Waals surface area contributed by atoms with Gasteiger partial charge in [0.15, 0.2) is 5.78 Å². The number of nitriles is 1. The Kier molecular flexibility index (Phi) is 11.0. The minimum atomic E-state index is -1.08. The zero-order chi connectivity index (χ0) is 29.2. The van der Waals surface area contributed by atoms with E-state index in [1.165, 1.54) is 6.20 Å². The molecular formula is C31H38N4O5. The van der Waals surface area contributed by atoms with Gasteiger partial charge in [0.1, 0.15) is 17.8 Å². The highest BCUT2D eigenvalue weighted by Gasteiger charge is 2.27. The van der Waals surface area contributed by atoms with Gasteiger partial charge in [-0.05, 0) is 42.7 Å². The molecule has 0 unspecified atom stereocenters. The van der Waals surface area contributed by atoms with Gasteiger partial charge in [0.2, 0.25) is 5.91 Å². The molecule has 0 bridgehead atoms. The minimum absolute atomic E-state index is 0.0305. The van der Waals surface area contributed by atoms with Crippen molar-refractivity contribution in [3.05, 3.63) is 65.0 Å². The third-order valence-electron chi connectivity index (χ3n) is 6.94. The van der Waals surface area contributed by atoms with E-state index in [-0.39, 0.29) is 30.5 Å². The Hall–Kier alpha value is -4.03. The van der Waals surface area contributed by atoms with Crippen LogP contribution in [0.25, 0.3) is 11.0 Å². The van der Waals surface area contributed by atoms with Crippen LogP contribution in [0.15, 0.2) is 42.6 Å². The van der Waals surface area contributed by atoms with Gasteiger partial charge in [0.05, 0.1) is 12.2 Å². The number of unbranched alkanes of at least 4 members (excludes halogenated alkanes) is 1. The number of Topliss-reactive ketones (excluding diaryl/α,β-unsaturated/α-hetero) is 1. The monoisotopic (exact) mass is 546 g/mol. The smallest absolute Gasteiger partial charge is 0.326 e. The number of benzene rings is 1. The number of carboxylic acid groups (broad SMARTS) is 1. The van der Waals surface area contributed by atoms with Gasteiger partial charge in [-0.15, -0.1) is 0 Å². The first-order valence-corrected chi connectivity index (χ1v) is 13.7. The molecule has 0 aliphatic carbocycles. The molecule has 9 heteroatoms. The number of fused-ring (bicyclic) bond motifs is 1. The van der Waals surface area contributed by atoms with Crippen molar-refractivity contribution < 1.29 is 24.2 Å². The summed E-state index contributed by atoms with van der Waals surface area (Å²) in [7, 11) is 1.87. The number of ketones is 1. The largest absolute Gasteiger partial charge is 0.480 e. The molecule has 1 aromatic carbocycles. The molecule has 0 fully saturated rings. The number of carbonyl (C=O) groups is 3. The van der Waals surface area contributed by atoms with Crippen molar-refractivity contribution in [3.63, 3.8) is 0 Å². The van der Waals surface area contributed by atoms with E-state index in [0.29, 0.717) is 41.8 Å². The average Bonchev–Trinajstić information content (AvgIpc) is 3.19. The van der Waals surface area contributed by atoms with Crippen molar-refractivity contribution in [2.45, 2.75) is 65.5 Å². The lowest BCUT2D eigenvalue weighted by Crippen LogP contribution is -2.44. The van der Waals surface area contributed by atoms with Crippen molar-refractivity contribution in [2.24, 2.45) is 18.9 Å². The molecule has 40 heavy (non-hydrogen) atoms. The highest BCUT2D eigenvalue weighted by atomic mass is 16.5. The molecule has 9 nitrogen and oxygen atoms in total. The molecule has 0 saturated heterocycles. The van der Waals surface area contributed by atoms with Crippen LogP contribution in [0.3, 0.4) is 0 Å². The van der Waals surface area contributed by atoms with Gasteiger partial charge in [-0.25, -0.2) is 9.78 Å². The number of carbonyl (C=O) groups excluding carboxylic acids is 2. The van der Waals surface area contributed by atoms with Crippen LogP contribution in [0.2, 0.25) is 0 Å². The first kappa shape index (κ1) is 30.5. The maximum atomic E-state index is 13.6. The summed E-state index contributed by atoms with van der Waals surface area (Å²) in [5.74, 6) is -2.18. The number of aromatic nitrogens is 2. The van der Waals surface area contributed by atoms with Crippen LogP contribution in [-0.2, 0) is 34.4 Å². The Labute approximate surface area is 235 Å². The molecule has 2 heterocycles. The maximum Gasteiger partial charge on any atom is 0.326 e. The molecule has 0 aliphatic heterocycles. The first-order chi connectivity index (χ1) is 19.1. The third-order valence-corrected chi connectivity index (χ3v) is 6.94. The van der Waals surface area contributed by atoms with Gasteiger partial charge >= 0.3 is 5.97 Å². The zero-order valence-electron chi connectivity index (χ0n) is 23.6. The quantitative estimate of drug-likeness (QED) is 0.206. The highest BCUT2D eigenvalue weighted by Crippen LogP contribution is 2.29. The fraction of sp³-hybridized carbons (Fsp3) is 0.452. The predicted octanol–water partition coefficient (Wildman–Crippen LogP) is 4.81. The highest BCUT2D eigenvalue weighted by molar-refractivity contribution is 6.09. The van der Waals surface area contributed by atoms with Crippen LogP contribution < -0.4 is 5.32 Å². The molecule has 0 saturated carbocycles. The molecule has 2 N–H and O–H groups in total. The summed E-state index contributed by atoms with van der Waals surface area (Å²) in [6.45, 7) is 6.41. The van der Waals surface area contributed by atoms with Gasteiger partial charge in [0.25, 0.3) is 0 Å². The van der Waals surface area contributed by atoms with Crippen LogP contribution in [-0.4, -0.2) is 45.0 Å². The number of pyridine rings is 1. The number of ether oxygens (including phenoxy) is 1. The number of aliphatic carboxylic acids is 1. The van der Waals surface area contributed by atoms with E-state index in [1.54, 1.807) is 26.8 Å². The number of hydrogen-bond donors (Lipinski definition) is 2. The Morgan fingerprint density at radius 1 is 1.12 bits per heavy atom. The molecule has 2 atom stereocenters. The van der Waals surface area contributed by atoms with Gasteiger partial charge in [-0.1, -0.05) is 51.1 Å². The van der Waals surface area contributed by atoms with E-state index < -0.39 is 17.9 Å². The zero-order valence-corrected chi connectivity index (χ0v) is 23.6. The van der Waals surface area contributed by atoms with Crippen molar-refractivity contribution in [2.75, 3.05) is 6.61 Å². The summed E-state index contributed by atoms with van der Waals surface area (Å²) < 4.78 is 7.71.